The van der Waals surface area contributed by atoms with E-state index in [2.05, 4.69) is 4.98 Å². The summed E-state index contributed by atoms with van der Waals surface area (Å²) in [6, 6.07) is 1.35. The minimum atomic E-state index is -4.46. The summed E-state index contributed by atoms with van der Waals surface area (Å²) in [7, 11) is 0. The molecular formula is C18H25F3N2O3. The van der Waals surface area contributed by atoms with Gasteiger partial charge in [-0.1, -0.05) is 0 Å². The van der Waals surface area contributed by atoms with Crippen molar-refractivity contribution in [3.8, 4) is 5.75 Å². The molecule has 1 aliphatic heterocycles. The quantitative estimate of drug-likeness (QED) is 0.785. The molecule has 8 heteroatoms. The minimum absolute atomic E-state index is 0.0368. The number of piperidine rings is 1. The number of hydrogen-bond donors (Lipinski definition) is 0. The molecule has 26 heavy (non-hydrogen) atoms. The summed E-state index contributed by atoms with van der Waals surface area (Å²) in [6.45, 7) is 8.37. The van der Waals surface area contributed by atoms with E-state index in [1.165, 1.54) is 13.0 Å². The second-order valence-corrected chi connectivity index (χ2v) is 7.56. The summed E-state index contributed by atoms with van der Waals surface area (Å²) in [5, 5.41) is 0. The molecular weight excluding hydrogens is 349 g/mol. The number of likely N-dealkylation sites (tertiary alicyclic amines) is 1. The Kier molecular flexibility index (Phi) is 6.03. The highest BCUT2D eigenvalue weighted by Crippen LogP contribution is 2.31. The monoisotopic (exact) mass is 374 g/mol. The molecule has 0 spiro atoms. The zero-order valence-electron chi connectivity index (χ0n) is 15.5. The predicted molar refractivity (Wildman–Crippen MR) is 90.0 cm³/mol. The van der Waals surface area contributed by atoms with Gasteiger partial charge in [-0.2, -0.15) is 13.2 Å². The number of nitrogens with zero attached hydrogens (tertiary/aromatic N) is 2. The van der Waals surface area contributed by atoms with E-state index in [1.54, 1.807) is 4.90 Å². The summed E-state index contributed by atoms with van der Waals surface area (Å²) >= 11 is 0. The van der Waals surface area contributed by atoms with Crippen molar-refractivity contribution < 1.29 is 27.4 Å². The molecule has 0 N–H and O–H groups in total. The third-order valence-corrected chi connectivity index (χ3v) is 4.07. The molecule has 1 aliphatic rings. The summed E-state index contributed by atoms with van der Waals surface area (Å²) in [6.07, 6.45) is -2.17. The van der Waals surface area contributed by atoms with Gasteiger partial charge < -0.3 is 14.4 Å². The van der Waals surface area contributed by atoms with Gasteiger partial charge in [0.2, 0.25) is 0 Å². The molecule has 0 aromatic carbocycles. The van der Waals surface area contributed by atoms with E-state index in [-0.39, 0.29) is 17.6 Å². The number of ether oxygens (including phenoxy) is 2. The van der Waals surface area contributed by atoms with Gasteiger partial charge in [0, 0.05) is 13.1 Å². The van der Waals surface area contributed by atoms with Gasteiger partial charge in [0.05, 0.1) is 12.8 Å². The molecule has 1 saturated heterocycles. The van der Waals surface area contributed by atoms with Gasteiger partial charge in [-0.15, -0.1) is 0 Å². The highest BCUT2D eigenvalue weighted by Gasteiger charge is 2.34. The van der Waals surface area contributed by atoms with Crippen molar-refractivity contribution in [3.05, 3.63) is 23.5 Å². The maximum absolute atomic E-state index is 12.7. The third kappa shape index (κ3) is 5.78. The molecule has 0 saturated carbocycles. The molecule has 5 nitrogen and oxygen atoms in total. The van der Waals surface area contributed by atoms with E-state index in [0.29, 0.717) is 25.4 Å². The van der Waals surface area contributed by atoms with Crippen LogP contribution in [0.1, 0.15) is 44.9 Å². The SMILES string of the molecule is Cc1cc(OCC2CCN(C(=O)OC(C)(C)C)CC2)cnc1C(F)(F)F. The smallest absolute Gasteiger partial charge is 0.433 e. The Balaban J connectivity index is 1.82. The molecule has 146 valence electrons. The van der Waals surface area contributed by atoms with E-state index in [0.717, 1.165) is 19.0 Å². The summed E-state index contributed by atoms with van der Waals surface area (Å²) in [5.41, 5.74) is -1.38. The molecule has 1 amide bonds. The predicted octanol–water partition coefficient (Wildman–Crippen LogP) is 4.43. The molecule has 0 atom stereocenters. The van der Waals surface area contributed by atoms with Crippen molar-refractivity contribution in [2.24, 2.45) is 5.92 Å². The second kappa shape index (κ2) is 7.72. The maximum atomic E-state index is 12.7. The van der Waals surface area contributed by atoms with Crippen LogP contribution < -0.4 is 4.74 Å². The minimum Gasteiger partial charge on any atom is -0.492 e. The fourth-order valence-corrected chi connectivity index (χ4v) is 2.75. The summed E-state index contributed by atoms with van der Waals surface area (Å²) in [5.74, 6) is 0.557. The highest BCUT2D eigenvalue weighted by molar-refractivity contribution is 5.68. The molecule has 0 bridgehead atoms. The zero-order valence-corrected chi connectivity index (χ0v) is 15.5. The standard InChI is InChI=1S/C18H25F3N2O3/c1-12-9-14(10-22-15(12)18(19,20)21)25-11-13-5-7-23(8-6-13)16(24)26-17(2,3)4/h9-10,13H,5-8,11H2,1-4H3. The first-order chi connectivity index (χ1) is 12.0. The lowest BCUT2D eigenvalue weighted by Gasteiger charge is -2.33. The number of aryl methyl sites for hydroxylation is 1. The summed E-state index contributed by atoms with van der Waals surface area (Å²) in [4.78, 5) is 17.2. The lowest BCUT2D eigenvalue weighted by atomic mass is 9.98. The topological polar surface area (TPSA) is 51.7 Å². The van der Waals surface area contributed by atoms with Gasteiger partial charge in [0.25, 0.3) is 0 Å². The van der Waals surface area contributed by atoms with Crippen LogP contribution in [-0.4, -0.2) is 41.3 Å². The Labute approximate surface area is 151 Å². The maximum Gasteiger partial charge on any atom is 0.433 e. The second-order valence-electron chi connectivity index (χ2n) is 7.56. The van der Waals surface area contributed by atoms with E-state index in [1.807, 2.05) is 20.8 Å². The number of carbonyl (C=O) groups is 1. The normalized spacial score (nSPS) is 16.5. The van der Waals surface area contributed by atoms with Crippen molar-refractivity contribution in [1.29, 1.82) is 0 Å². The van der Waals surface area contributed by atoms with Crippen LogP contribution in [0.15, 0.2) is 12.3 Å². The molecule has 1 aromatic rings. The molecule has 1 aromatic heterocycles. The van der Waals surface area contributed by atoms with Gasteiger partial charge in [-0.05, 0) is 58.1 Å². The van der Waals surface area contributed by atoms with Crippen molar-refractivity contribution in [3.63, 3.8) is 0 Å². The summed E-state index contributed by atoms with van der Waals surface area (Å²) < 4.78 is 49.1. The van der Waals surface area contributed by atoms with Crippen molar-refractivity contribution >= 4 is 6.09 Å². The van der Waals surface area contributed by atoms with E-state index >= 15 is 0 Å². The molecule has 0 radical (unpaired) electrons. The highest BCUT2D eigenvalue weighted by atomic mass is 19.4. The van der Waals surface area contributed by atoms with Crippen LogP contribution in [0.25, 0.3) is 0 Å². The molecule has 1 fully saturated rings. The number of hydrogen-bond acceptors (Lipinski definition) is 4. The third-order valence-electron chi connectivity index (χ3n) is 4.07. The van der Waals surface area contributed by atoms with Gasteiger partial charge >= 0.3 is 12.3 Å². The molecule has 0 unspecified atom stereocenters. The molecule has 0 aliphatic carbocycles. The number of amides is 1. The van der Waals surface area contributed by atoms with Crippen molar-refractivity contribution in [2.45, 2.75) is 52.3 Å². The van der Waals surface area contributed by atoms with Crippen LogP contribution in [0.3, 0.4) is 0 Å². The van der Waals surface area contributed by atoms with Crippen molar-refractivity contribution in [1.82, 2.24) is 9.88 Å². The lowest BCUT2D eigenvalue weighted by Crippen LogP contribution is -2.42. The zero-order chi connectivity index (χ0) is 19.5. The molecule has 2 rings (SSSR count). The first-order valence-corrected chi connectivity index (χ1v) is 8.60. The average molecular weight is 374 g/mol. The number of carbonyl (C=O) groups excluding carboxylic acids is 1. The Morgan fingerprint density at radius 1 is 1.27 bits per heavy atom. The van der Waals surface area contributed by atoms with E-state index < -0.39 is 17.5 Å². The number of halogens is 3. The Hall–Kier alpha value is -1.99. The Morgan fingerprint density at radius 2 is 1.88 bits per heavy atom. The first kappa shape index (κ1) is 20.3. The number of rotatable bonds is 3. The van der Waals surface area contributed by atoms with Gasteiger partial charge in [0.15, 0.2) is 0 Å². The lowest BCUT2D eigenvalue weighted by molar-refractivity contribution is -0.141. The van der Waals surface area contributed by atoms with Crippen LogP contribution in [0.4, 0.5) is 18.0 Å². The number of pyridine rings is 1. The number of alkyl halides is 3. The van der Waals surface area contributed by atoms with E-state index in [9.17, 15) is 18.0 Å². The Bertz CT molecular complexity index is 634. The van der Waals surface area contributed by atoms with Crippen molar-refractivity contribution in [2.75, 3.05) is 19.7 Å². The average Bonchev–Trinajstić information content (AvgIpc) is 2.50. The van der Waals surface area contributed by atoms with E-state index in [4.69, 9.17) is 9.47 Å². The van der Waals surface area contributed by atoms with Crippen LogP contribution in [0.5, 0.6) is 5.75 Å². The fourth-order valence-electron chi connectivity index (χ4n) is 2.75. The van der Waals surface area contributed by atoms with Crippen LogP contribution >= 0.6 is 0 Å². The largest absolute Gasteiger partial charge is 0.492 e. The molecule has 2 heterocycles. The first-order valence-electron chi connectivity index (χ1n) is 8.60. The van der Waals surface area contributed by atoms with Crippen LogP contribution in [-0.2, 0) is 10.9 Å². The Morgan fingerprint density at radius 3 is 2.38 bits per heavy atom. The van der Waals surface area contributed by atoms with Gasteiger partial charge in [-0.25, -0.2) is 9.78 Å². The fraction of sp³-hybridized carbons (Fsp3) is 0.667. The number of aromatic nitrogens is 1. The van der Waals surface area contributed by atoms with Crippen LogP contribution in [0.2, 0.25) is 0 Å². The van der Waals surface area contributed by atoms with Gasteiger partial charge in [-0.3, -0.25) is 0 Å². The van der Waals surface area contributed by atoms with Gasteiger partial charge in [0.1, 0.15) is 17.0 Å². The van der Waals surface area contributed by atoms with Crippen LogP contribution in [0, 0.1) is 12.8 Å².